The summed E-state index contributed by atoms with van der Waals surface area (Å²) in [4.78, 5) is 20.6. The third-order valence-corrected chi connectivity index (χ3v) is 10.6. The van der Waals surface area contributed by atoms with Crippen LogP contribution in [0.1, 0.15) is 35.1 Å². The molecule has 2 N–H and O–H groups in total. The minimum atomic E-state index is -0.771. The molecule has 2 saturated heterocycles. The number of carboxylic acid groups (broad SMARTS) is 1. The number of nitriles is 1. The van der Waals surface area contributed by atoms with Gasteiger partial charge in [0.15, 0.2) is 5.58 Å². The molecular weight excluding hydrogens is 672 g/mol. The number of aliphatic hydroxyl groups is 1. The highest BCUT2D eigenvalue weighted by atomic mass is 16.5. The van der Waals surface area contributed by atoms with Crippen LogP contribution < -0.4 is 9.47 Å². The number of aliphatic carboxylic acids is 1. The van der Waals surface area contributed by atoms with E-state index in [1.54, 1.807) is 14.2 Å². The fraction of sp³-hybridized carbons (Fsp3) is 0.317. The zero-order chi connectivity index (χ0) is 36.8. The molecule has 2 fully saturated rings. The molecule has 0 spiro atoms. The lowest BCUT2D eigenvalue weighted by Crippen LogP contribution is -2.22. The number of benzene rings is 4. The van der Waals surface area contributed by atoms with Gasteiger partial charge in [-0.2, -0.15) is 10.4 Å². The molecule has 2 aliphatic heterocycles. The van der Waals surface area contributed by atoms with Gasteiger partial charge >= 0.3 is 5.97 Å². The zero-order valence-electron chi connectivity index (χ0n) is 29.9. The quantitative estimate of drug-likeness (QED) is 0.168. The number of methoxy groups -OCH3 is 2. The number of carbonyl (C=O) groups is 1. The van der Waals surface area contributed by atoms with Crippen LogP contribution in [0.4, 0.5) is 0 Å². The molecule has 0 aliphatic carbocycles. The number of aliphatic hydroxyl groups excluding tert-OH is 1. The highest BCUT2D eigenvalue weighted by molar-refractivity contribution is 5.97. The second-order valence-corrected chi connectivity index (χ2v) is 14.0. The van der Waals surface area contributed by atoms with Crippen LogP contribution in [0.2, 0.25) is 0 Å². The molecule has 4 heterocycles. The lowest BCUT2D eigenvalue weighted by atomic mass is 9.94. The van der Waals surface area contributed by atoms with Crippen molar-refractivity contribution in [2.45, 2.75) is 39.0 Å². The van der Waals surface area contributed by atoms with E-state index in [-0.39, 0.29) is 12.0 Å². The number of aromatic nitrogens is 3. The average Bonchev–Trinajstić information content (AvgIpc) is 3.98. The van der Waals surface area contributed by atoms with E-state index >= 15 is 0 Å². The molecule has 8 rings (SSSR count). The Hall–Kier alpha value is -5.74. The molecule has 2 aliphatic rings. The van der Waals surface area contributed by atoms with Gasteiger partial charge in [0.05, 0.1) is 54.8 Å². The average molecular weight is 713 g/mol. The molecule has 4 aromatic carbocycles. The van der Waals surface area contributed by atoms with Crippen LogP contribution in [-0.4, -0.2) is 87.2 Å². The predicted molar refractivity (Wildman–Crippen MR) is 199 cm³/mol. The molecule has 0 radical (unpaired) electrons. The van der Waals surface area contributed by atoms with Crippen LogP contribution in [0.25, 0.3) is 50.3 Å². The van der Waals surface area contributed by atoms with Crippen molar-refractivity contribution in [1.29, 1.82) is 5.26 Å². The van der Waals surface area contributed by atoms with E-state index in [1.807, 2.05) is 66.3 Å². The van der Waals surface area contributed by atoms with Gasteiger partial charge in [-0.3, -0.25) is 14.6 Å². The molecule has 0 unspecified atom stereocenters. The monoisotopic (exact) mass is 712 g/mol. The first-order valence-electron chi connectivity index (χ1n) is 17.8. The van der Waals surface area contributed by atoms with Crippen molar-refractivity contribution in [3.05, 3.63) is 89.1 Å². The van der Waals surface area contributed by atoms with E-state index < -0.39 is 5.97 Å². The number of β-amino-alcohol motifs (C(OH)–C–C–N with tert-alkyl or cyclic N) is 1. The molecule has 12 nitrogen and oxygen atoms in total. The minimum absolute atomic E-state index is 0.317. The largest absolute Gasteiger partial charge is 0.496 e. The number of hydrogen-bond donors (Lipinski definition) is 2. The summed E-state index contributed by atoms with van der Waals surface area (Å²) < 4.78 is 19.9. The van der Waals surface area contributed by atoms with Crippen molar-refractivity contribution in [2.24, 2.45) is 5.92 Å². The molecule has 2 atom stereocenters. The van der Waals surface area contributed by atoms with Gasteiger partial charge in [-0.05, 0) is 72.8 Å². The Labute approximate surface area is 306 Å². The van der Waals surface area contributed by atoms with E-state index in [2.05, 4.69) is 28.0 Å². The third-order valence-electron chi connectivity index (χ3n) is 10.6. The van der Waals surface area contributed by atoms with Crippen LogP contribution in [-0.2, 0) is 17.9 Å². The van der Waals surface area contributed by atoms with E-state index in [1.165, 1.54) is 0 Å². The van der Waals surface area contributed by atoms with E-state index in [4.69, 9.17) is 24.0 Å². The summed E-state index contributed by atoms with van der Waals surface area (Å²) in [5.74, 6) is 0.662. The number of oxazole rings is 1. The van der Waals surface area contributed by atoms with Crippen LogP contribution in [0, 0.1) is 24.2 Å². The molecule has 0 saturated carbocycles. The first-order valence-corrected chi connectivity index (χ1v) is 17.8. The van der Waals surface area contributed by atoms with Gasteiger partial charge < -0.3 is 24.1 Å². The first kappa shape index (κ1) is 34.4. The second kappa shape index (κ2) is 14.0. The summed E-state index contributed by atoms with van der Waals surface area (Å²) in [7, 11) is 3.30. The standard InChI is InChI=1S/C41H40N6O6/c1-24-30(6-4-7-31(24)40-44-35-15-25(14-27(18-42)39(35)53-40)20-45-12-10-26(21-45)41(49)50)32-8-5-9-36-33(32)19-43-47(36)28-16-37(51-2)34(38(17-28)52-3)23-46-13-11-29(48)22-46/h4-9,14-17,19,26,29,48H,10-13,20-23H2,1-3H3,(H,49,50)/t26-,29-/m1/s1. The van der Waals surface area contributed by atoms with Gasteiger partial charge in [0.1, 0.15) is 23.1 Å². The van der Waals surface area contributed by atoms with E-state index in [0.717, 1.165) is 62.9 Å². The van der Waals surface area contributed by atoms with Crippen LogP contribution in [0.3, 0.4) is 0 Å². The number of fused-ring (bicyclic) bond motifs is 2. The van der Waals surface area contributed by atoms with Crippen LogP contribution in [0.5, 0.6) is 11.5 Å². The van der Waals surface area contributed by atoms with Gasteiger partial charge in [-0.25, -0.2) is 9.67 Å². The third kappa shape index (κ3) is 6.37. The Morgan fingerprint density at radius 1 is 0.962 bits per heavy atom. The smallest absolute Gasteiger partial charge is 0.307 e. The fourth-order valence-electron chi connectivity index (χ4n) is 7.90. The van der Waals surface area contributed by atoms with Crippen LogP contribution in [0.15, 0.2) is 71.3 Å². The van der Waals surface area contributed by atoms with Crippen LogP contribution >= 0.6 is 0 Å². The number of hydrogen-bond acceptors (Lipinski definition) is 10. The zero-order valence-corrected chi connectivity index (χ0v) is 29.9. The Balaban J connectivity index is 1.13. The fourth-order valence-corrected chi connectivity index (χ4v) is 7.90. The predicted octanol–water partition coefficient (Wildman–Crippen LogP) is 6.17. The van der Waals surface area contributed by atoms with Crippen molar-refractivity contribution in [1.82, 2.24) is 24.6 Å². The number of rotatable bonds is 10. The summed E-state index contributed by atoms with van der Waals surface area (Å²) in [6.45, 7) is 5.79. The molecule has 0 bridgehead atoms. The number of likely N-dealkylation sites (tertiary alicyclic amines) is 2. The summed E-state index contributed by atoms with van der Waals surface area (Å²) in [5, 5.41) is 35.3. The SMILES string of the molecule is COc1cc(-n2ncc3c(-c4cccc(-c5nc6cc(CN7CC[C@@H](C(=O)O)C7)cc(C#N)c6o5)c4C)cccc32)cc(OC)c1CN1CC[C@@H](O)C1. The molecule has 0 amide bonds. The molecular formula is C41H40N6O6. The first-order chi connectivity index (χ1) is 25.7. The summed E-state index contributed by atoms with van der Waals surface area (Å²) in [5.41, 5.74) is 8.72. The Bertz CT molecular complexity index is 2390. The summed E-state index contributed by atoms with van der Waals surface area (Å²) >= 11 is 0. The summed E-state index contributed by atoms with van der Waals surface area (Å²) in [6, 6.07) is 22.1. The number of nitrogens with zero attached hydrogens (tertiary/aromatic N) is 6. The van der Waals surface area contributed by atoms with Gasteiger partial charge in [0.25, 0.3) is 0 Å². The van der Waals surface area contributed by atoms with E-state index in [0.29, 0.717) is 73.2 Å². The molecule has 53 heavy (non-hydrogen) atoms. The maximum absolute atomic E-state index is 11.5. The number of ether oxygens (including phenoxy) is 2. The topological polar surface area (TPSA) is 150 Å². The summed E-state index contributed by atoms with van der Waals surface area (Å²) in [6.07, 6.45) is 2.92. The molecule has 270 valence electrons. The van der Waals surface area contributed by atoms with Crippen molar-refractivity contribution in [3.63, 3.8) is 0 Å². The Morgan fingerprint density at radius 2 is 1.68 bits per heavy atom. The molecule has 12 heteroatoms. The van der Waals surface area contributed by atoms with Gasteiger partial charge in [-0.15, -0.1) is 0 Å². The molecule has 6 aromatic rings. The lowest BCUT2D eigenvalue weighted by molar-refractivity contribution is -0.141. The Morgan fingerprint density at radius 3 is 2.38 bits per heavy atom. The lowest BCUT2D eigenvalue weighted by Gasteiger charge is -2.20. The second-order valence-electron chi connectivity index (χ2n) is 14.0. The minimum Gasteiger partial charge on any atom is -0.496 e. The van der Waals surface area contributed by atoms with Crippen molar-refractivity contribution >= 4 is 28.0 Å². The maximum atomic E-state index is 11.5. The van der Waals surface area contributed by atoms with Crippen molar-refractivity contribution < 1.29 is 28.9 Å². The highest BCUT2D eigenvalue weighted by Crippen LogP contribution is 2.39. The van der Waals surface area contributed by atoms with Crippen molar-refractivity contribution in [3.8, 4) is 45.8 Å². The molecule has 2 aromatic heterocycles. The van der Waals surface area contributed by atoms with Gasteiger partial charge in [0, 0.05) is 55.8 Å². The number of carboxylic acids is 1. The van der Waals surface area contributed by atoms with Crippen molar-refractivity contribution in [2.75, 3.05) is 40.4 Å². The van der Waals surface area contributed by atoms with E-state index in [9.17, 15) is 20.3 Å². The normalized spacial score (nSPS) is 17.9. The van der Waals surface area contributed by atoms with Gasteiger partial charge in [-0.1, -0.05) is 24.3 Å². The maximum Gasteiger partial charge on any atom is 0.307 e. The highest BCUT2D eigenvalue weighted by Gasteiger charge is 2.29. The van der Waals surface area contributed by atoms with Gasteiger partial charge in [0.2, 0.25) is 5.89 Å². The Kier molecular flexibility index (Phi) is 9.08.